The van der Waals surface area contributed by atoms with Crippen LogP contribution in [0, 0.1) is 5.92 Å². The first-order chi connectivity index (χ1) is 13.2. The summed E-state index contributed by atoms with van der Waals surface area (Å²) in [6, 6.07) is 13.9. The SMILES string of the molecule is CCOC(=O)C1CCCN(c2ccc(Cl)c(-c3nc4ccccc4[nH]3)c2)C1. The van der Waals surface area contributed by atoms with Crippen molar-refractivity contribution in [3.63, 3.8) is 0 Å². The summed E-state index contributed by atoms with van der Waals surface area (Å²) in [4.78, 5) is 22.4. The zero-order valence-electron chi connectivity index (χ0n) is 15.2. The van der Waals surface area contributed by atoms with Crippen LogP contribution < -0.4 is 4.90 Å². The number of nitrogens with one attached hydrogen (secondary N) is 1. The number of hydrogen-bond acceptors (Lipinski definition) is 4. The summed E-state index contributed by atoms with van der Waals surface area (Å²) in [7, 11) is 0. The number of para-hydroxylation sites is 2. The topological polar surface area (TPSA) is 58.2 Å². The van der Waals surface area contributed by atoms with E-state index < -0.39 is 0 Å². The summed E-state index contributed by atoms with van der Waals surface area (Å²) in [6.07, 6.45) is 1.84. The first kappa shape index (κ1) is 17.9. The Morgan fingerprint density at radius 1 is 1.33 bits per heavy atom. The fourth-order valence-corrected chi connectivity index (χ4v) is 3.84. The third kappa shape index (κ3) is 3.65. The highest BCUT2D eigenvalue weighted by atomic mass is 35.5. The molecule has 140 valence electrons. The Morgan fingerprint density at radius 2 is 2.19 bits per heavy atom. The second-order valence-corrected chi connectivity index (χ2v) is 7.21. The van der Waals surface area contributed by atoms with Crippen LogP contribution in [0.15, 0.2) is 42.5 Å². The third-order valence-electron chi connectivity index (χ3n) is 5.00. The van der Waals surface area contributed by atoms with Crippen LogP contribution in [0.2, 0.25) is 5.02 Å². The van der Waals surface area contributed by atoms with E-state index >= 15 is 0 Å². The smallest absolute Gasteiger partial charge is 0.310 e. The quantitative estimate of drug-likeness (QED) is 0.665. The van der Waals surface area contributed by atoms with Gasteiger partial charge in [0, 0.05) is 24.3 Å². The van der Waals surface area contributed by atoms with Crippen molar-refractivity contribution >= 4 is 34.3 Å². The molecule has 3 aromatic rings. The molecular weight excluding hydrogens is 362 g/mol. The fourth-order valence-electron chi connectivity index (χ4n) is 3.64. The summed E-state index contributed by atoms with van der Waals surface area (Å²) >= 11 is 6.46. The molecule has 0 amide bonds. The third-order valence-corrected chi connectivity index (χ3v) is 5.33. The Kier molecular flexibility index (Phi) is 5.03. The molecule has 5 nitrogen and oxygen atoms in total. The molecule has 0 bridgehead atoms. The average molecular weight is 384 g/mol. The van der Waals surface area contributed by atoms with Crippen molar-refractivity contribution in [2.24, 2.45) is 5.92 Å². The number of piperidine rings is 1. The number of aromatic amines is 1. The number of aromatic nitrogens is 2. The van der Waals surface area contributed by atoms with Crippen molar-refractivity contribution in [1.82, 2.24) is 9.97 Å². The molecular formula is C21H22ClN3O2. The second kappa shape index (κ2) is 7.61. The second-order valence-electron chi connectivity index (χ2n) is 6.80. The van der Waals surface area contributed by atoms with E-state index in [4.69, 9.17) is 16.3 Å². The lowest BCUT2D eigenvalue weighted by Gasteiger charge is -2.33. The average Bonchev–Trinajstić information content (AvgIpc) is 3.12. The van der Waals surface area contributed by atoms with Crippen molar-refractivity contribution < 1.29 is 9.53 Å². The first-order valence-corrected chi connectivity index (χ1v) is 9.69. The number of hydrogen-bond donors (Lipinski definition) is 1. The van der Waals surface area contributed by atoms with Crippen LogP contribution in [0.1, 0.15) is 19.8 Å². The maximum Gasteiger partial charge on any atom is 0.310 e. The summed E-state index contributed by atoms with van der Waals surface area (Å²) < 4.78 is 5.21. The molecule has 1 unspecified atom stereocenters. The summed E-state index contributed by atoms with van der Waals surface area (Å²) in [5.41, 5.74) is 3.80. The molecule has 2 heterocycles. The Balaban J connectivity index is 1.63. The number of rotatable bonds is 4. The Bertz CT molecular complexity index is 936. The maximum atomic E-state index is 12.1. The minimum Gasteiger partial charge on any atom is -0.466 e. The molecule has 1 atom stereocenters. The van der Waals surface area contributed by atoms with Crippen molar-refractivity contribution in [3.05, 3.63) is 47.5 Å². The number of ether oxygens (including phenoxy) is 1. The Labute approximate surface area is 163 Å². The number of anilines is 1. The van der Waals surface area contributed by atoms with E-state index in [0.717, 1.165) is 47.5 Å². The summed E-state index contributed by atoms with van der Waals surface area (Å²) in [5, 5.41) is 0.650. The number of esters is 1. The highest BCUT2D eigenvalue weighted by Crippen LogP contribution is 2.33. The van der Waals surface area contributed by atoms with Gasteiger partial charge in [0.1, 0.15) is 5.82 Å². The van der Waals surface area contributed by atoms with Gasteiger partial charge in [0.05, 0.1) is 28.6 Å². The monoisotopic (exact) mass is 383 g/mol. The largest absolute Gasteiger partial charge is 0.466 e. The van der Waals surface area contributed by atoms with Gasteiger partial charge in [-0.1, -0.05) is 23.7 Å². The van der Waals surface area contributed by atoms with Crippen molar-refractivity contribution in [2.45, 2.75) is 19.8 Å². The van der Waals surface area contributed by atoms with Gasteiger partial charge in [0.15, 0.2) is 0 Å². The van der Waals surface area contributed by atoms with Gasteiger partial charge in [-0.3, -0.25) is 4.79 Å². The normalized spacial score (nSPS) is 17.3. The van der Waals surface area contributed by atoms with Gasteiger partial charge >= 0.3 is 5.97 Å². The summed E-state index contributed by atoms with van der Waals surface area (Å²) in [6.45, 7) is 3.85. The Hall–Kier alpha value is -2.53. The molecule has 0 radical (unpaired) electrons. The molecule has 1 aliphatic rings. The standard InChI is InChI=1S/C21H22ClN3O2/c1-2-27-21(26)14-6-5-11-25(13-14)15-9-10-17(22)16(12-15)20-23-18-7-3-4-8-19(18)24-20/h3-4,7-10,12,14H,2,5-6,11,13H2,1H3,(H,23,24). The molecule has 1 fully saturated rings. The van der Waals surface area contributed by atoms with Crippen LogP contribution in [-0.4, -0.2) is 35.6 Å². The number of nitrogens with zero attached hydrogens (tertiary/aromatic N) is 2. The van der Waals surface area contributed by atoms with Gasteiger partial charge < -0.3 is 14.6 Å². The van der Waals surface area contributed by atoms with E-state index in [1.807, 2.05) is 49.4 Å². The van der Waals surface area contributed by atoms with Gasteiger partial charge in [0.2, 0.25) is 0 Å². The number of H-pyrrole nitrogens is 1. The minimum atomic E-state index is -0.103. The van der Waals surface area contributed by atoms with Crippen LogP contribution in [0.25, 0.3) is 22.4 Å². The van der Waals surface area contributed by atoms with Crippen molar-refractivity contribution in [2.75, 3.05) is 24.6 Å². The lowest BCUT2D eigenvalue weighted by atomic mass is 9.97. The van der Waals surface area contributed by atoms with Gasteiger partial charge in [-0.25, -0.2) is 4.98 Å². The fraction of sp³-hybridized carbons (Fsp3) is 0.333. The van der Waals surface area contributed by atoms with E-state index in [1.54, 1.807) is 0 Å². The number of carbonyl (C=O) groups is 1. The molecule has 6 heteroatoms. The zero-order valence-corrected chi connectivity index (χ0v) is 16.0. The maximum absolute atomic E-state index is 12.1. The summed E-state index contributed by atoms with van der Waals surface area (Å²) in [5.74, 6) is 0.569. The molecule has 27 heavy (non-hydrogen) atoms. The Morgan fingerprint density at radius 3 is 3.00 bits per heavy atom. The van der Waals surface area contributed by atoms with Crippen molar-refractivity contribution in [3.8, 4) is 11.4 Å². The molecule has 1 N–H and O–H groups in total. The minimum absolute atomic E-state index is 0.0796. The number of fused-ring (bicyclic) bond motifs is 1. The number of imidazole rings is 1. The molecule has 2 aromatic carbocycles. The van der Waals surface area contributed by atoms with Crippen LogP contribution >= 0.6 is 11.6 Å². The van der Waals surface area contributed by atoms with Crippen LogP contribution in [0.4, 0.5) is 5.69 Å². The molecule has 1 aromatic heterocycles. The van der Waals surface area contributed by atoms with Gasteiger partial charge in [-0.05, 0) is 50.1 Å². The number of benzene rings is 2. The molecule has 0 aliphatic carbocycles. The van der Waals surface area contributed by atoms with Crippen LogP contribution in [0.3, 0.4) is 0 Å². The highest BCUT2D eigenvalue weighted by molar-refractivity contribution is 6.33. The van der Waals surface area contributed by atoms with Crippen LogP contribution in [-0.2, 0) is 9.53 Å². The van der Waals surface area contributed by atoms with Crippen LogP contribution in [0.5, 0.6) is 0 Å². The molecule has 1 saturated heterocycles. The highest BCUT2D eigenvalue weighted by Gasteiger charge is 2.27. The van der Waals surface area contributed by atoms with E-state index in [9.17, 15) is 4.79 Å². The van der Waals surface area contributed by atoms with Gasteiger partial charge in [-0.2, -0.15) is 0 Å². The molecule has 4 rings (SSSR count). The predicted octanol–water partition coefficient (Wildman–Crippen LogP) is 4.66. The predicted molar refractivity (Wildman–Crippen MR) is 108 cm³/mol. The van der Waals surface area contributed by atoms with Crippen molar-refractivity contribution in [1.29, 1.82) is 0 Å². The molecule has 0 spiro atoms. The lowest BCUT2D eigenvalue weighted by molar-refractivity contribution is -0.148. The molecule has 1 aliphatic heterocycles. The van der Waals surface area contributed by atoms with E-state index in [-0.39, 0.29) is 11.9 Å². The zero-order chi connectivity index (χ0) is 18.8. The number of halogens is 1. The van der Waals surface area contributed by atoms with Gasteiger partial charge in [-0.15, -0.1) is 0 Å². The molecule has 0 saturated carbocycles. The van der Waals surface area contributed by atoms with E-state index in [0.29, 0.717) is 18.2 Å². The lowest BCUT2D eigenvalue weighted by Crippen LogP contribution is -2.39. The van der Waals surface area contributed by atoms with E-state index in [1.165, 1.54) is 0 Å². The van der Waals surface area contributed by atoms with E-state index in [2.05, 4.69) is 14.9 Å². The van der Waals surface area contributed by atoms with Gasteiger partial charge in [0.25, 0.3) is 0 Å². The number of carbonyl (C=O) groups excluding carboxylic acids is 1. The first-order valence-electron chi connectivity index (χ1n) is 9.32.